The third kappa shape index (κ3) is 5.33. The molecule has 0 saturated carbocycles. The summed E-state index contributed by atoms with van der Waals surface area (Å²) in [6.45, 7) is 2.58. The van der Waals surface area contributed by atoms with Gasteiger partial charge in [-0.3, -0.25) is 4.79 Å². The van der Waals surface area contributed by atoms with Gasteiger partial charge in [0.1, 0.15) is 11.6 Å². The third-order valence-electron chi connectivity index (χ3n) is 5.46. The standard InChI is InChI=1S/C27H24N6OS/c1-20-29-30-27(32(20)18-21-11-5-2-6-12-21)35-19-26(34)28-25-17-24(22-13-7-3-8-14-22)31-33(25)23-15-9-4-10-16-23/h2-17H,18-19H2,1H3,(H,28,34). The maximum Gasteiger partial charge on any atom is 0.236 e. The number of nitrogens with one attached hydrogen (secondary N) is 1. The molecule has 2 heterocycles. The Balaban J connectivity index is 1.33. The maximum atomic E-state index is 13.0. The summed E-state index contributed by atoms with van der Waals surface area (Å²) in [6.07, 6.45) is 0. The van der Waals surface area contributed by atoms with Crippen LogP contribution in [0.5, 0.6) is 0 Å². The summed E-state index contributed by atoms with van der Waals surface area (Å²) in [5.41, 5.74) is 3.80. The SMILES string of the molecule is Cc1nnc(SCC(=O)Nc2cc(-c3ccccc3)nn2-c2ccccc2)n1Cc1ccccc1. The van der Waals surface area contributed by atoms with Crippen LogP contribution in [0.25, 0.3) is 16.9 Å². The molecule has 35 heavy (non-hydrogen) atoms. The van der Waals surface area contributed by atoms with E-state index in [-0.39, 0.29) is 11.7 Å². The van der Waals surface area contributed by atoms with Gasteiger partial charge < -0.3 is 9.88 Å². The zero-order valence-electron chi connectivity index (χ0n) is 19.2. The molecule has 0 aliphatic carbocycles. The summed E-state index contributed by atoms with van der Waals surface area (Å²) >= 11 is 1.37. The topological polar surface area (TPSA) is 77.6 Å². The normalized spacial score (nSPS) is 10.9. The Labute approximate surface area is 207 Å². The van der Waals surface area contributed by atoms with Crippen molar-refractivity contribution in [2.24, 2.45) is 0 Å². The van der Waals surface area contributed by atoms with Gasteiger partial charge in [-0.1, -0.05) is 90.6 Å². The Morgan fingerprint density at radius 2 is 1.54 bits per heavy atom. The quantitative estimate of drug-likeness (QED) is 0.308. The lowest BCUT2D eigenvalue weighted by Crippen LogP contribution is -2.17. The van der Waals surface area contributed by atoms with E-state index in [0.29, 0.717) is 17.5 Å². The fourth-order valence-corrected chi connectivity index (χ4v) is 4.49. The van der Waals surface area contributed by atoms with Crippen LogP contribution in [-0.2, 0) is 11.3 Å². The van der Waals surface area contributed by atoms with Crippen LogP contribution in [-0.4, -0.2) is 36.2 Å². The summed E-state index contributed by atoms with van der Waals surface area (Å²) in [4.78, 5) is 13.0. The number of aryl methyl sites for hydroxylation is 1. The van der Waals surface area contributed by atoms with E-state index in [1.165, 1.54) is 11.8 Å². The second kappa shape index (κ2) is 10.4. The number of anilines is 1. The molecule has 5 rings (SSSR count). The number of aromatic nitrogens is 5. The Morgan fingerprint density at radius 3 is 2.26 bits per heavy atom. The minimum Gasteiger partial charge on any atom is -0.310 e. The molecule has 0 spiro atoms. The van der Waals surface area contributed by atoms with Crippen molar-refractivity contribution in [2.45, 2.75) is 18.6 Å². The number of rotatable bonds is 8. The van der Waals surface area contributed by atoms with Crippen LogP contribution in [0.1, 0.15) is 11.4 Å². The van der Waals surface area contributed by atoms with Gasteiger partial charge in [0, 0.05) is 11.6 Å². The van der Waals surface area contributed by atoms with Gasteiger partial charge in [-0.25, -0.2) is 4.68 Å². The van der Waals surface area contributed by atoms with Crippen molar-refractivity contribution in [1.29, 1.82) is 0 Å². The predicted molar refractivity (Wildman–Crippen MR) is 139 cm³/mol. The zero-order chi connectivity index (χ0) is 24.0. The summed E-state index contributed by atoms with van der Waals surface area (Å²) in [6, 6.07) is 31.7. The number of carbonyl (C=O) groups excluding carboxylic acids is 1. The van der Waals surface area contributed by atoms with Crippen LogP contribution < -0.4 is 5.32 Å². The van der Waals surface area contributed by atoms with Crippen molar-refractivity contribution in [1.82, 2.24) is 24.5 Å². The fraction of sp³-hybridized carbons (Fsp3) is 0.111. The van der Waals surface area contributed by atoms with Crippen LogP contribution in [0.2, 0.25) is 0 Å². The lowest BCUT2D eigenvalue weighted by Gasteiger charge is -2.10. The highest BCUT2D eigenvalue weighted by atomic mass is 32.2. The van der Waals surface area contributed by atoms with Gasteiger partial charge in [0.25, 0.3) is 0 Å². The first-order chi connectivity index (χ1) is 17.2. The predicted octanol–water partition coefficient (Wildman–Crippen LogP) is 5.22. The van der Waals surface area contributed by atoms with Gasteiger partial charge in [-0.05, 0) is 24.6 Å². The molecule has 5 aromatic rings. The van der Waals surface area contributed by atoms with E-state index in [1.807, 2.05) is 96.4 Å². The highest BCUT2D eigenvalue weighted by Crippen LogP contribution is 2.25. The average Bonchev–Trinajstić information content (AvgIpc) is 3.48. The molecule has 3 aromatic carbocycles. The first-order valence-electron chi connectivity index (χ1n) is 11.2. The van der Waals surface area contributed by atoms with Crippen LogP contribution >= 0.6 is 11.8 Å². The molecule has 1 N–H and O–H groups in total. The van der Waals surface area contributed by atoms with E-state index in [9.17, 15) is 4.79 Å². The molecule has 0 bridgehead atoms. The van der Waals surface area contributed by atoms with Gasteiger partial charge in [0.2, 0.25) is 5.91 Å². The molecule has 1 amide bonds. The molecular weight excluding hydrogens is 456 g/mol. The molecule has 0 unspecified atom stereocenters. The molecule has 0 saturated heterocycles. The van der Waals surface area contributed by atoms with E-state index < -0.39 is 0 Å². The molecule has 8 heteroatoms. The smallest absolute Gasteiger partial charge is 0.236 e. The number of amides is 1. The van der Waals surface area contributed by atoms with Crippen molar-refractivity contribution in [3.05, 3.63) is 108 Å². The van der Waals surface area contributed by atoms with Crippen molar-refractivity contribution >= 4 is 23.5 Å². The number of hydrogen-bond donors (Lipinski definition) is 1. The van der Waals surface area contributed by atoms with Crippen molar-refractivity contribution in [3.63, 3.8) is 0 Å². The molecule has 2 aromatic heterocycles. The molecule has 0 atom stereocenters. The van der Waals surface area contributed by atoms with E-state index in [4.69, 9.17) is 5.10 Å². The van der Waals surface area contributed by atoms with E-state index in [1.54, 1.807) is 4.68 Å². The lowest BCUT2D eigenvalue weighted by molar-refractivity contribution is -0.113. The molecule has 174 valence electrons. The Bertz CT molecular complexity index is 1410. The van der Waals surface area contributed by atoms with Gasteiger partial charge >= 0.3 is 0 Å². The number of benzene rings is 3. The van der Waals surface area contributed by atoms with E-state index in [0.717, 1.165) is 28.3 Å². The Hall–Kier alpha value is -4.17. The Kier molecular flexibility index (Phi) is 6.72. The molecular formula is C27H24N6OS. The van der Waals surface area contributed by atoms with Crippen LogP contribution in [0.15, 0.2) is 102 Å². The zero-order valence-corrected chi connectivity index (χ0v) is 20.0. The van der Waals surface area contributed by atoms with Gasteiger partial charge in [0.15, 0.2) is 5.16 Å². The second-order valence-corrected chi connectivity index (χ2v) is 8.91. The minimum absolute atomic E-state index is 0.140. The number of nitrogens with zero attached hydrogens (tertiary/aromatic N) is 5. The molecule has 0 fully saturated rings. The van der Waals surface area contributed by atoms with Gasteiger partial charge in [-0.2, -0.15) is 5.10 Å². The average molecular weight is 481 g/mol. The van der Waals surface area contributed by atoms with Gasteiger partial charge in [-0.15, -0.1) is 10.2 Å². The van der Waals surface area contributed by atoms with Crippen LogP contribution in [0.3, 0.4) is 0 Å². The maximum absolute atomic E-state index is 13.0. The number of carbonyl (C=O) groups is 1. The second-order valence-electron chi connectivity index (χ2n) is 7.97. The first-order valence-corrected chi connectivity index (χ1v) is 12.2. The van der Waals surface area contributed by atoms with Crippen molar-refractivity contribution in [2.75, 3.05) is 11.1 Å². The van der Waals surface area contributed by atoms with Gasteiger partial charge in [0.05, 0.1) is 23.7 Å². The number of hydrogen-bond acceptors (Lipinski definition) is 5. The van der Waals surface area contributed by atoms with E-state index >= 15 is 0 Å². The molecule has 0 aliphatic heterocycles. The van der Waals surface area contributed by atoms with Crippen molar-refractivity contribution < 1.29 is 4.79 Å². The molecule has 7 nitrogen and oxygen atoms in total. The number of thioether (sulfide) groups is 1. The number of para-hydroxylation sites is 1. The summed E-state index contributed by atoms with van der Waals surface area (Å²) in [5, 5.41) is 17.0. The minimum atomic E-state index is -0.140. The molecule has 0 aliphatic rings. The summed E-state index contributed by atoms with van der Waals surface area (Å²) < 4.78 is 3.78. The van der Waals surface area contributed by atoms with Crippen molar-refractivity contribution in [3.8, 4) is 16.9 Å². The van der Waals surface area contributed by atoms with Crippen LogP contribution in [0.4, 0.5) is 5.82 Å². The fourth-order valence-electron chi connectivity index (χ4n) is 3.71. The van der Waals surface area contributed by atoms with Crippen LogP contribution in [0, 0.1) is 6.92 Å². The highest BCUT2D eigenvalue weighted by molar-refractivity contribution is 7.99. The Morgan fingerprint density at radius 1 is 0.886 bits per heavy atom. The monoisotopic (exact) mass is 480 g/mol. The first kappa shape index (κ1) is 22.6. The molecule has 0 radical (unpaired) electrons. The summed E-state index contributed by atoms with van der Waals surface area (Å²) in [7, 11) is 0. The summed E-state index contributed by atoms with van der Waals surface area (Å²) in [5.74, 6) is 1.49. The largest absolute Gasteiger partial charge is 0.310 e. The highest BCUT2D eigenvalue weighted by Gasteiger charge is 2.16. The lowest BCUT2D eigenvalue weighted by atomic mass is 10.2. The van der Waals surface area contributed by atoms with E-state index in [2.05, 4.69) is 27.6 Å². The third-order valence-corrected chi connectivity index (χ3v) is 6.43.